The third-order valence-corrected chi connectivity index (χ3v) is 6.42. The van der Waals surface area contributed by atoms with Gasteiger partial charge in [-0.2, -0.15) is 4.98 Å². The van der Waals surface area contributed by atoms with Gasteiger partial charge in [-0.3, -0.25) is 4.57 Å². The number of nitrogens with two attached hydrogens (primary N) is 1. The summed E-state index contributed by atoms with van der Waals surface area (Å²) >= 11 is 1.23. The molecule has 1 saturated heterocycles. The van der Waals surface area contributed by atoms with E-state index < -0.39 is 35.0 Å². The third kappa shape index (κ3) is 4.45. The van der Waals surface area contributed by atoms with Crippen molar-refractivity contribution in [2.24, 2.45) is 17.8 Å². The number of nitrogens with zero attached hydrogens (tertiary/aromatic N) is 2. The van der Waals surface area contributed by atoms with Crippen molar-refractivity contribution in [3.05, 3.63) is 22.5 Å². The summed E-state index contributed by atoms with van der Waals surface area (Å²) in [6, 6.07) is 0. The first-order chi connectivity index (χ1) is 12.8. The highest BCUT2D eigenvalue weighted by Crippen LogP contribution is 2.37. The molecule has 1 aromatic rings. The van der Waals surface area contributed by atoms with Gasteiger partial charge in [-0.15, -0.1) is 11.8 Å². The van der Waals surface area contributed by atoms with Crippen LogP contribution in [0.1, 0.15) is 46.3 Å². The number of thioether (sulfide) groups is 1. The first-order valence-corrected chi connectivity index (χ1v) is 10.3. The Morgan fingerprint density at radius 3 is 2.93 bits per heavy atom. The van der Waals surface area contributed by atoms with Gasteiger partial charge in [0.25, 0.3) is 0 Å². The average Bonchev–Trinajstić information content (AvgIpc) is 3.08. The van der Waals surface area contributed by atoms with Gasteiger partial charge in [0.05, 0.1) is 6.20 Å². The van der Waals surface area contributed by atoms with Gasteiger partial charge in [0.1, 0.15) is 12.3 Å². The van der Waals surface area contributed by atoms with E-state index in [0.717, 1.165) is 30.0 Å². The zero-order valence-corrected chi connectivity index (χ0v) is 16.6. The normalized spacial score (nSPS) is 31.2. The Hall–Kier alpha value is -1.61. The summed E-state index contributed by atoms with van der Waals surface area (Å²) in [5.41, 5.74) is 3.74. The number of esters is 1. The van der Waals surface area contributed by atoms with Gasteiger partial charge in [-0.1, -0.05) is 27.2 Å². The largest absolute Gasteiger partial charge is 0.459 e. The van der Waals surface area contributed by atoms with Crippen LogP contribution in [0.4, 0.5) is 10.2 Å². The zero-order valence-electron chi connectivity index (χ0n) is 15.8. The summed E-state index contributed by atoms with van der Waals surface area (Å²) < 4.78 is 26.1. The number of rotatable bonds is 4. The highest BCUT2D eigenvalue weighted by molar-refractivity contribution is 8.00. The van der Waals surface area contributed by atoms with Crippen LogP contribution in [0.5, 0.6) is 0 Å². The zero-order chi connectivity index (χ0) is 19.7. The SMILES string of the molecule is CC(C)[C@H]1CC[C@H](C)C[C@@H]1OC(=O)[C@@H]1O[C@H](n2cc(F)c(N)nc2=O)CS1. The maximum atomic E-state index is 13.6. The predicted molar refractivity (Wildman–Crippen MR) is 100 cm³/mol. The number of ether oxygens (including phenoxy) is 2. The monoisotopic (exact) mass is 399 g/mol. The van der Waals surface area contributed by atoms with Crippen molar-refractivity contribution in [2.45, 2.75) is 57.8 Å². The van der Waals surface area contributed by atoms with Gasteiger partial charge >= 0.3 is 11.7 Å². The number of carbonyl (C=O) groups excluding carboxylic acids is 1. The van der Waals surface area contributed by atoms with Crippen molar-refractivity contribution in [1.82, 2.24) is 9.55 Å². The van der Waals surface area contributed by atoms with Gasteiger partial charge in [0.15, 0.2) is 11.6 Å². The standard InChI is InChI=1S/C18H26FN3O4S/c1-9(2)11-5-4-10(3)6-13(11)25-16(23)17-26-14(8-27-17)22-7-12(19)15(20)21-18(22)24/h7,9-11,13-14,17H,4-6,8H2,1-3H3,(H2,20,21,24)/t10-,11+,13-,14-,17+/m0/s1. The quantitative estimate of drug-likeness (QED) is 0.777. The van der Waals surface area contributed by atoms with Crippen LogP contribution < -0.4 is 11.4 Å². The molecule has 2 fully saturated rings. The molecule has 2 aliphatic rings. The third-order valence-electron chi connectivity index (χ3n) is 5.34. The van der Waals surface area contributed by atoms with E-state index in [1.165, 1.54) is 11.8 Å². The van der Waals surface area contributed by atoms with E-state index in [-0.39, 0.29) is 6.10 Å². The molecule has 3 rings (SSSR count). The molecule has 1 saturated carbocycles. The molecule has 0 amide bonds. The number of aromatic nitrogens is 2. The summed E-state index contributed by atoms with van der Waals surface area (Å²) in [4.78, 5) is 28.0. The lowest BCUT2D eigenvalue weighted by Crippen LogP contribution is -2.38. The van der Waals surface area contributed by atoms with Crippen LogP contribution in [0.15, 0.2) is 11.0 Å². The van der Waals surface area contributed by atoms with E-state index in [1.54, 1.807) is 0 Å². The molecule has 0 bridgehead atoms. The Labute approximate surface area is 161 Å². The van der Waals surface area contributed by atoms with Gasteiger partial charge in [-0.25, -0.2) is 14.0 Å². The second-order valence-corrected chi connectivity index (χ2v) is 8.82. The van der Waals surface area contributed by atoms with Crippen LogP contribution in [-0.2, 0) is 14.3 Å². The topological polar surface area (TPSA) is 96.4 Å². The molecule has 5 atom stereocenters. The number of hydrogen-bond donors (Lipinski definition) is 1. The Morgan fingerprint density at radius 2 is 2.22 bits per heavy atom. The lowest BCUT2D eigenvalue weighted by atomic mass is 9.75. The van der Waals surface area contributed by atoms with Crippen molar-refractivity contribution in [3.8, 4) is 0 Å². The minimum absolute atomic E-state index is 0.122. The number of halogens is 1. The molecular weight excluding hydrogens is 373 g/mol. The summed E-state index contributed by atoms with van der Waals surface area (Å²) in [5, 5.41) is 0. The molecule has 0 aromatic carbocycles. The minimum atomic E-state index is -0.840. The number of carbonyl (C=O) groups is 1. The van der Waals surface area contributed by atoms with Crippen LogP contribution >= 0.6 is 11.8 Å². The molecule has 2 N–H and O–H groups in total. The summed E-state index contributed by atoms with van der Waals surface area (Å²) in [5.74, 6) is -0.0872. The maximum Gasteiger partial charge on any atom is 0.351 e. The van der Waals surface area contributed by atoms with Crippen LogP contribution in [0.2, 0.25) is 0 Å². The minimum Gasteiger partial charge on any atom is -0.459 e. The van der Waals surface area contributed by atoms with E-state index in [0.29, 0.717) is 23.5 Å². The van der Waals surface area contributed by atoms with E-state index in [1.807, 2.05) is 0 Å². The van der Waals surface area contributed by atoms with Crippen molar-refractivity contribution < 1.29 is 18.7 Å². The molecule has 2 heterocycles. The lowest BCUT2D eigenvalue weighted by Gasteiger charge is -2.37. The number of anilines is 1. The fraction of sp³-hybridized carbons (Fsp3) is 0.722. The fourth-order valence-electron chi connectivity index (χ4n) is 3.78. The second kappa shape index (κ2) is 8.18. The molecule has 1 aliphatic heterocycles. The summed E-state index contributed by atoms with van der Waals surface area (Å²) in [6.45, 7) is 6.46. The van der Waals surface area contributed by atoms with Gasteiger partial charge < -0.3 is 15.2 Å². The fourth-order valence-corrected chi connectivity index (χ4v) is 4.76. The first-order valence-electron chi connectivity index (χ1n) is 9.28. The Kier molecular flexibility index (Phi) is 6.10. The van der Waals surface area contributed by atoms with Crippen LogP contribution in [0.25, 0.3) is 0 Å². The molecule has 0 unspecified atom stereocenters. The van der Waals surface area contributed by atoms with Gasteiger partial charge in [-0.05, 0) is 30.6 Å². The van der Waals surface area contributed by atoms with Gasteiger partial charge in [0.2, 0.25) is 5.44 Å². The smallest absolute Gasteiger partial charge is 0.351 e. The summed E-state index contributed by atoms with van der Waals surface area (Å²) in [6.07, 6.45) is 3.09. The summed E-state index contributed by atoms with van der Waals surface area (Å²) in [7, 11) is 0. The van der Waals surface area contributed by atoms with Crippen LogP contribution in [-0.4, -0.2) is 32.8 Å². The molecule has 150 valence electrons. The number of nitrogen functional groups attached to an aromatic ring is 1. The Bertz CT molecular complexity index is 757. The molecule has 27 heavy (non-hydrogen) atoms. The Morgan fingerprint density at radius 1 is 1.48 bits per heavy atom. The molecule has 0 spiro atoms. The molecule has 0 radical (unpaired) electrons. The lowest BCUT2D eigenvalue weighted by molar-refractivity contribution is -0.166. The van der Waals surface area contributed by atoms with Crippen LogP contribution in [0.3, 0.4) is 0 Å². The number of hydrogen-bond acceptors (Lipinski definition) is 7. The maximum absolute atomic E-state index is 13.6. The van der Waals surface area contributed by atoms with E-state index in [4.69, 9.17) is 15.2 Å². The molecule has 1 aromatic heterocycles. The van der Waals surface area contributed by atoms with Crippen LogP contribution in [0, 0.1) is 23.6 Å². The predicted octanol–water partition coefficient (Wildman–Crippen LogP) is 2.56. The second-order valence-electron chi connectivity index (χ2n) is 7.72. The van der Waals surface area contributed by atoms with Crippen molar-refractivity contribution in [2.75, 3.05) is 11.5 Å². The molecule has 7 nitrogen and oxygen atoms in total. The molecular formula is C18H26FN3O4S. The van der Waals surface area contributed by atoms with E-state index in [9.17, 15) is 14.0 Å². The van der Waals surface area contributed by atoms with E-state index >= 15 is 0 Å². The average molecular weight is 399 g/mol. The van der Waals surface area contributed by atoms with Crippen molar-refractivity contribution >= 4 is 23.5 Å². The van der Waals surface area contributed by atoms with Crippen molar-refractivity contribution in [1.29, 1.82) is 0 Å². The highest BCUT2D eigenvalue weighted by atomic mass is 32.2. The first kappa shape index (κ1) is 20.1. The molecule has 9 heteroatoms. The van der Waals surface area contributed by atoms with Crippen molar-refractivity contribution in [3.63, 3.8) is 0 Å². The van der Waals surface area contributed by atoms with E-state index in [2.05, 4.69) is 25.8 Å². The highest BCUT2D eigenvalue weighted by Gasteiger charge is 2.39. The Balaban J connectivity index is 1.65. The van der Waals surface area contributed by atoms with Gasteiger partial charge in [0, 0.05) is 5.75 Å². The molecule has 1 aliphatic carbocycles.